The van der Waals surface area contributed by atoms with Crippen molar-refractivity contribution in [3.05, 3.63) is 59.1 Å². The number of benzene rings is 1. The van der Waals surface area contributed by atoms with Crippen molar-refractivity contribution in [2.24, 2.45) is 0 Å². The molecule has 0 radical (unpaired) electrons. The van der Waals surface area contributed by atoms with Gasteiger partial charge in [-0.2, -0.15) is 0 Å². The highest BCUT2D eigenvalue weighted by atomic mass is 35.5. The van der Waals surface area contributed by atoms with Crippen molar-refractivity contribution in [3.63, 3.8) is 0 Å². The second-order valence-corrected chi connectivity index (χ2v) is 3.91. The molecule has 1 aromatic heterocycles. The molecule has 1 heterocycles. The summed E-state index contributed by atoms with van der Waals surface area (Å²) in [6.07, 6.45) is 1.35. The van der Waals surface area contributed by atoms with Crippen molar-refractivity contribution in [2.75, 3.05) is 5.06 Å². The molecule has 0 aliphatic carbocycles. The average molecular weight is 266 g/mol. The molecule has 2 rings (SSSR count). The number of amidine groups is 1. The molecule has 1 aromatic carbocycles. The number of hydrogen-bond donors (Lipinski definition) is 2. The molecule has 0 bridgehead atoms. The van der Waals surface area contributed by atoms with Gasteiger partial charge in [-0.3, -0.25) is 10.6 Å². The molecule has 0 aliphatic rings. The second-order valence-electron chi connectivity index (χ2n) is 3.47. The van der Waals surface area contributed by atoms with Gasteiger partial charge in [-0.1, -0.05) is 17.7 Å². The summed E-state index contributed by atoms with van der Waals surface area (Å²) in [5.41, 5.74) is 0.0255. The molecule has 92 valence electrons. The Kier molecular flexibility index (Phi) is 3.55. The summed E-state index contributed by atoms with van der Waals surface area (Å²) in [5, 5.41) is 18.5. The van der Waals surface area contributed by atoms with Crippen molar-refractivity contribution >= 4 is 23.1 Å². The minimum absolute atomic E-state index is 0.236. The maximum absolute atomic E-state index is 13.4. The van der Waals surface area contributed by atoms with E-state index in [9.17, 15) is 9.60 Å². The normalized spacial score (nSPS) is 10.2. The highest BCUT2D eigenvalue weighted by molar-refractivity contribution is 6.31. The Morgan fingerprint density at radius 3 is 2.78 bits per heavy atom. The first kappa shape index (κ1) is 12.5. The third kappa shape index (κ3) is 2.47. The SMILES string of the molecule is N=C(c1ncccc1F)N(O)c1cccc(Cl)c1. The average Bonchev–Trinajstić information content (AvgIpc) is 2.37. The van der Waals surface area contributed by atoms with Gasteiger partial charge in [-0.05, 0) is 30.3 Å². The molecular weight excluding hydrogens is 257 g/mol. The van der Waals surface area contributed by atoms with Crippen molar-refractivity contribution in [2.45, 2.75) is 0 Å². The van der Waals surface area contributed by atoms with E-state index in [0.717, 1.165) is 0 Å². The number of anilines is 1. The Labute approximate surface area is 108 Å². The Morgan fingerprint density at radius 1 is 1.33 bits per heavy atom. The largest absolute Gasteiger partial charge is 0.282 e. The highest BCUT2D eigenvalue weighted by Gasteiger charge is 2.16. The van der Waals surface area contributed by atoms with Gasteiger partial charge < -0.3 is 0 Å². The summed E-state index contributed by atoms with van der Waals surface area (Å²) in [7, 11) is 0. The standard InChI is InChI=1S/C12H9ClFN3O/c13-8-3-1-4-9(7-8)17(18)12(15)11-10(14)5-2-6-16-11/h1-7,15,18H. The van der Waals surface area contributed by atoms with Crippen LogP contribution in [0.4, 0.5) is 10.1 Å². The quantitative estimate of drug-likeness (QED) is 0.498. The van der Waals surface area contributed by atoms with E-state index in [4.69, 9.17) is 17.0 Å². The predicted molar refractivity (Wildman–Crippen MR) is 66.7 cm³/mol. The summed E-state index contributed by atoms with van der Waals surface area (Å²) < 4.78 is 13.4. The Bertz CT molecular complexity index is 591. The van der Waals surface area contributed by atoms with Crippen molar-refractivity contribution in [3.8, 4) is 0 Å². The molecule has 6 heteroatoms. The minimum Gasteiger partial charge on any atom is -0.282 e. The first-order valence-electron chi connectivity index (χ1n) is 5.03. The second kappa shape index (κ2) is 5.12. The van der Waals surface area contributed by atoms with Crippen LogP contribution in [0.3, 0.4) is 0 Å². The van der Waals surface area contributed by atoms with Gasteiger partial charge in [0.15, 0.2) is 11.7 Å². The van der Waals surface area contributed by atoms with Gasteiger partial charge in [-0.15, -0.1) is 0 Å². The number of halogens is 2. The highest BCUT2D eigenvalue weighted by Crippen LogP contribution is 2.20. The molecule has 18 heavy (non-hydrogen) atoms. The van der Waals surface area contributed by atoms with E-state index in [-0.39, 0.29) is 11.4 Å². The monoisotopic (exact) mass is 265 g/mol. The fourth-order valence-corrected chi connectivity index (χ4v) is 1.58. The number of rotatable bonds is 2. The zero-order valence-corrected chi connectivity index (χ0v) is 9.89. The number of nitrogens with zero attached hydrogens (tertiary/aromatic N) is 2. The number of hydroxylamine groups is 1. The van der Waals surface area contributed by atoms with Gasteiger partial charge in [0.2, 0.25) is 0 Å². The molecular formula is C12H9ClFN3O. The summed E-state index contributed by atoms with van der Waals surface area (Å²) in [6.45, 7) is 0. The maximum Gasteiger partial charge on any atom is 0.179 e. The lowest BCUT2D eigenvalue weighted by atomic mass is 10.2. The molecule has 0 atom stereocenters. The summed E-state index contributed by atoms with van der Waals surface area (Å²) in [6, 6.07) is 8.82. The zero-order chi connectivity index (χ0) is 13.1. The Morgan fingerprint density at radius 2 is 2.11 bits per heavy atom. The first-order chi connectivity index (χ1) is 8.59. The lowest BCUT2D eigenvalue weighted by Crippen LogP contribution is -2.28. The molecule has 0 unspecified atom stereocenters. The van der Waals surface area contributed by atoms with Gasteiger partial charge in [0, 0.05) is 11.2 Å². The predicted octanol–water partition coefficient (Wildman–Crippen LogP) is 3.10. The minimum atomic E-state index is -0.677. The maximum atomic E-state index is 13.4. The summed E-state index contributed by atoms with van der Waals surface area (Å²) >= 11 is 5.77. The molecule has 0 saturated heterocycles. The van der Waals surface area contributed by atoms with Crippen LogP contribution >= 0.6 is 11.6 Å². The molecule has 2 aromatic rings. The van der Waals surface area contributed by atoms with E-state index >= 15 is 0 Å². The van der Waals surface area contributed by atoms with Crippen molar-refractivity contribution in [1.29, 1.82) is 5.41 Å². The molecule has 2 N–H and O–H groups in total. The first-order valence-corrected chi connectivity index (χ1v) is 5.41. The Hall–Kier alpha value is -1.98. The van der Waals surface area contributed by atoms with Gasteiger partial charge >= 0.3 is 0 Å². The molecule has 0 aliphatic heterocycles. The number of hydrogen-bond acceptors (Lipinski definition) is 3. The van der Waals surface area contributed by atoms with Gasteiger partial charge in [-0.25, -0.2) is 14.4 Å². The fourth-order valence-electron chi connectivity index (χ4n) is 1.40. The summed E-state index contributed by atoms with van der Waals surface area (Å²) in [4.78, 5) is 3.71. The van der Waals surface area contributed by atoms with E-state index < -0.39 is 11.7 Å². The van der Waals surface area contributed by atoms with Crippen LogP contribution in [-0.2, 0) is 0 Å². The van der Waals surface area contributed by atoms with E-state index in [1.54, 1.807) is 18.2 Å². The van der Waals surface area contributed by atoms with Gasteiger partial charge in [0.05, 0.1) is 5.69 Å². The zero-order valence-electron chi connectivity index (χ0n) is 9.14. The topological polar surface area (TPSA) is 60.2 Å². The van der Waals surface area contributed by atoms with Crippen molar-refractivity contribution < 1.29 is 9.60 Å². The lowest BCUT2D eigenvalue weighted by Gasteiger charge is -2.17. The van der Waals surface area contributed by atoms with E-state index in [1.165, 1.54) is 24.4 Å². The summed E-state index contributed by atoms with van der Waals surface area (Å²) in [5.74, 6) is -1.14. The molecule has 0 fully saturated rings. The number of aromatic nitrogens is 1. The van der Waals surface area contributed by atoms with E-state index in [2.05, 4.69) is 4.98 Å². The van der Waals surface area contributed by atoms with Crippen LogP contribution in [0.2, 0.25) is 5.02 Å². The molecule has 4 nitrogen and oxygen atoms in total. The van der Waals surface area contributed by atoms with Gasteiger partial charge in [0.1, 0.15) is 5.69 Å². The van der Waals surface area contributed by atoms with Crippen LogP contribution in [0.15, 0.2) is 42.6 Å². The van der Waals surface area contributed by atoms with Crippen LogP contribution < -0.4 is 5.06 Å². The number of pyridine rings is 1. The smallest absolute Gasteiger partial charge is 0.179 e. The Balaban J connectivity index is 2.32. The molecule has 0 amide bonds. The third-order valence-corrected chi connectivity index (χ3v) is 2.48. The molecule has 0 spiro atoms. The van der Waals surface area contributed by atoms with Crippen LogP contribution in [0, 0.1) is 11.2 Å². The lowest BCUT2D eigenvalue weighted by molar-refractivity contribution is 0.311. The van der Waals surface area contributed by atoms with Crippen LogP contribution in [0.25, 0.3) is 0 Å². The van der Waals surface area contributed by atoms with E-state index in [0.29, 0.717) is 10.1 Å². The number of nitrogens with one attached hydrogen (secondary N) is 1. The van der Waals surface area contributed by atoms with Crippen LogP contribution in [-0.4, -0.2) is 16.0 Å². The van der Waals surface area contributed by atoms with E-state index in [1.807, 2.05) is 0 Å². The van der Waals surface area contributed by atoms with Gasteiger partial charge in [0.25, 0.3) is 0 Å². The van der Waals surface area contributed by atoms with Crippen molar-refractivity contribution in [1.82, 2.24) is 4.98 Å². The third-order valence-electron chi connectivity index (χ3n) is 2.25. The molecule has 0 saturated carbocycles. The van der Waals surface area contributed by atoms with Crippen LogP contribution in [0.1, 0.15) is 5.69 Å². The van der Waals surface area contributed by atoms with Crippen LogP contribution in [0.5, 0.6) is 0 Å². The fraction of sp³-hybridized carbons (Fsp3) is 0.